The number of nitrogens with one attached hydrogen (secondary N) is 1. The molecule has 27 heavy (non-hydrogen) atoms. The number of hydrogen-bond donors (Lipinski definition) is 1. The van der Waals surface area contributed by atoms with E-state index < -0.39 is 0 Å². The summed E-state index contributed by atoms with van der Waals surface area (Å²) in [7, 11) is 5.86. The molecule has 0 aliphatic carbocycles. The number of benzene rings is 1. The lowest BCUT2D eigenvalue weighted by atomic mass is 10.0. The maximum absolute atomic E-state index is 4.78. The molecule has 0 unspecified atom stereocenters. The molecule has 0 aliphatic heterocycles. The van der Waals surface area contributed by atoms with Gasteiger partial charge in [0.05, 0.1) is 5.69 Å². The quantitative estimate of drug-likeness (QED) is 0.540. The maximum Gasteiger partial charge on any atom is 0.224 e. The number of rotatable bonds is 5. The smallest absolute Gasteiger partial charge is 0.224 e. The lowest BCUT2D eigenvalue weighted by Gasteiger charge is -2.12. The zero-order valence-corrected chi connectivity index (χ0v) is 15.6. The molecule has 0 bridgehead atoms. The Hall–Kier alpha value is -3.42. The minimum absolute atomic E-state index is 0.597. The molecule has 3 heterocycles. The van der Waals surface area contributed by atoms with Crippen molar-refractivity contribution in [3.63, 3.8) is 0 Å². The van der Waals surface area contributed by atoms with Crippen LogP contribution in [0.3, 0.4) is 0 Å². The summed E-state index contributed by atoms with van der Waals surface area (Å²) in [5.74, 6) is 1.57. The first-order chi connectivity index (χ1) is 13.1. The van der Waals surface area contributed by atoms with Gasteiger partial charge in [-0.15, -0.1) is 0 Å². The molecule has 0 radical (unpaired) electrons. The van der Waals surface area contributed by atoms with Crippen molar-refractivity contribution >= 4 is 30.7 Å². The van der Waals surface area contributed by atoms with Crippen molar-refractivity contribution in [3.05, 3.63) is 60.6 Å². The monoisotopic (exact) mass is 357 g/mol. The summed E-state index contributed by atoms with van der Waals surface area (Å²) in [6.07, 6.45) is 5.50. The van der Waals surface area contributed by atoms with Gasteiger partial charge in [-0.25, -0.2) is 15.0 Å². The van der Waals surface area contributed by atoms with Crippen LogP contribution in [0.25, 0.3) is 16.9 Å². The molecular weight excluding hydrogens is 337 g/mol. The highest BCUT2D eigenvalue weighted by atomic mass is 15.3. The second kappa shape index (κ2) is 7.07. The molecule has 0 fully saturated rings. The first kappa shape index (κ1) is 17.0. The average Bonchev–Trinajstić information content (AvgIpc) is 3.08. The predicted molar refractivity (Wildman–Crippen MR) is 110 cm³/mol. The van der Waals surface area contributed by atoms with Gasteiger partial charge in [0.15, 0.2) is 5.65 Å². The second-order valence-corrected chi connectivity index (χ2v) is 6.59. The molecule has 0 spiro atoms. The third-order valence-corrected chi connectivity index (χ3v) is 4.28. The molecular formula is C19H20BN7. The lowest BCUT2D eigenvalue weighted by molar-refractivity contribution is 0.918. The molecule has 0 saturated carbocycles. The normalized spacial score (nSPS) is 10.9. The Bertz CT molecular complexity index is 1060. The van der Waals surface area contributed by atoms with Crippen LogP contribution in [0.4, 0.5) is 11.8 Å². The number of fused-ring (bicyclic) bond motifs is 1. The van der Waals surface area contributed by atoms with Gasteiger partial charge in [0.25, 0.3) is 0 Å². The van der Waals surface area contributed by atoms with E-state index in [0.717, 1.165) is 33.7 Å². The van der Waals surface area contributed by atoms with Crippen LogP contribution in [0, 0.1) is 0 Å². The van der Waals surface area contributed by atoms with E-state index in [-0.39, 0.29) is 0 Å². The van der Waals surface area contributed by atoms with Gasteiger partial charge < -0.3 is 10.2 Å². The van der Waals surface area contributed by atoms with Crippen LogP contribution in [0.2, 0.25) is 0 Å². The molecule has 0 saturated heterocycles. The Labute approximate surface area is 158 Å². The van der Waals surface area contributed by atoms with Crippen LogP contribution in [0.5, 0.6) is 0 Å². The van der Waals surface area contributed by atoms with Crippen molar-refractivity contribution < 1.29 is 0 Å². The van der Waals surface area contributed by atoms with Crippen LogP contribution in [0.1, 0.15) is 5.56 Å². The van der Waals surface area contributed by atoms with Gasteiger partial charge in [-0.3, -0.25) is 0 Å². The van der Waals surface area contributed by atoms with Gasteiger partial charge >= 0.3 is 0 Å². The molecule has 7 nitrogen and oxygen atoms in total. The molecule has 0 amide bonds. The van der Waals surface area contributed by atoms with E-state index in [1.807, 2.05) is 74.2 Å². The van der Waals surface area contributed by atoms with Crippen molar-refractivity contribution in [2.24, 2.45) is 0 Å². The van der Waals surface area contributed by atoms with Crippen molar-refractivity contribution in [1.29, 1.82) is 0 Å². The van der Waals surface area contributed by atoms with Crippen molar-refractivity contribution in [1.82, 2.24) is 24.6 Å². The molecule has 4 rings (SSSR count). The van der Waals surface area contributed by atoms with E-state index in [9.17, 15) is 0 Å². The summed E-state index contributed by atoms with van der Waals surface area (Å²) in [5, 5.41) is 7.90. The van der Waals surface area contributed by atoms with Crippen molar-refractivity contribution in [2.45, 2.75) is 6.54 Å². The number of nitrogens with zero attached hydrogens (tertiary/aromatic N) is 6. The molecule has 0 atom stereocenters. The van der Waals surface area contributed by atoms with E-state index in [0.29, 0.717) is 12.5 Å². The maximum atomic E-state index is 4.78. The van der Waals surface area contributed by atoms with Gasteiger partial charge in [0.2, 0.25) is 5.95 Å². The van der Waals surface area contributed by atoms with Crippen LogP contribution >= 0.6 is 0 Å². The Balaban J connectivity index is 1.66. The first-order valence-electron chi connectivity index (χ1n) is 8.75. The van der Waals surface area contributed by atoms with Gasteiger partial charge in [-0.1, -0.05) is 30.3 Å². The summed E-state index contributed by atoms with van der Waals surface area (Å²) in [5.41, 5.74) is 4.86. The zero-order chi connectivity index (χ0) is 18.8. The first-order valence-corrected chi connectivity index (χ1v) is 8.75. The van der Waals surface area contributed by atoms with Gasteiger partial charge in [-0.05, 0) is 5.46 Å². The van der Waals surface area contributed by atoms with Crippen LogP contribution < -0.4 is 15.7 Å². The van der Waals surface area contributed by atoms with Crippen LogP contribution in [-0.2, 0) is 6.54 Å². The van der Waals surface area contributed by atoms with Gasteiger partial charge in [0.1, 0.15) is 13.7 Å². The third-order valence-electron chi connectivity index (χ3n) is 4.28. The largest absolute Gasteiger partial charge is 0.366 e. The lowest BCUT2D eigenvalue weighted by Crippen LogP contribution is -2.13. The summed E-state index contributed by atoms with van der Waals surface area (Å²) in [6, 6.07) is 12.2. The molecule has 3 aromatic heterocycles. The van der Waals surface area contributed by atoms with E-state index in [2.05, 4.69) is 32.5 Å². The van der Waals surface area contributed by atoms with E-state index in [1.165, 1.54) is 0 Å². The molecule has 4 aromatic rings. The minimum Gasteiger partial charge on any atom is -0.366 e. The molecule has 1 N–H and O–H groups in total. The summed E-state index contributed by atoms with van der Waals surface area (Å²) in [4.78, 5) is 15.4. The fourth-order valence-corrected chi connectivity index (χ4v) is 2.82. The molecule has 134 valence electrons. The van der Waals surface area contributed by atoms with Gasteiger partial charge in [0, 0.05) is 56.4 Å². The zero-order valence-electron chi connectivity index (χ0n) is 15.6. The van der Waals surface area contributed by atoms with E-state index >= 15 is 0 Å². The highest BCUT2D eigenvalue weighted by Gasteiger charge is 2.10. The van der Waals surface area contributed by atoms with Crippen molar-refractivity contribution in [3.8, 4) is 11.3 Å². The topological polar surface area (TPSA) is 71.2 Å². The Morgan fingerprint density at radius 1 is 1.07 bits per heavy atom. The summed E-state index contributed by atoms with van der Waals surface area (Å²) >= 11 is 0. The van der Waals surface area contributed by atoms with Crippen LogP contribution in [0.15, 0.2) is 55.0 Å². The average molecular weight is 357 g/mol. The Kier molecular flexibility index (Phi) is 4.46. The third kappa shape index (κ3) is 3.46. The molecule has 0 aliphatic rings. The highest BCUT2D eigenvalue weighted by molar-refractivity contribution is 6.36. The molecule has 1 aromatic carbocycles. The Morgan fingerprint density at radius 3 is 2.52 bits per heavy atom. The van der Waals surface area contributed by atoms with E-state index in [4.69, 9.17) is 4.98 Å². The SMILES string of the molecule is Bc1cnn2c(NCc3cnc(N(C)C)nc3)cc(-c3ccccc3)nc12. The second-order valence-electron chi connectivity index (χ2n) is 6.59. The standard InChI is InChI=1S/C19H20BN7/c1-26(2)19-22-10-13(11-23-19)9-21-17-8-16(14-6-4-3-5-7-14)25-18-15(20)12-24-27(17)18/h3-8,10-12,21H,9,20H2,1-2H3. The van der Waals surface area contributed by atoms with Gasteiger partial charge in [-0.2, -0.15) is 9.61 Å². The summed E-state index contributed by atoms with van der Waals surface area (Å²) in [6.45, 7) is 0.597. The fraction of sp³-hybridized carbons (Fsp3) is 0.158. The Morgan fingerprint density at radius 2 is 1.81 bits per heavy atom. The fourth-order valence-electron chi connectivity index (χ4n) is 2.82. The van der Waals surface area contributed by atoms with Crippen LogP contribution in [-0.4, -0.2) is 46.5 Å². The predicted octanol–water partition coefficient (Wildman–Crippen LogP) is 1.12. The van der Waals surface area contributed by atoms with E-state index in [1.54, 1.807) is 0 Å². The minimum atomic E-state index is 0.597. The highest BCUT2D eigenvalue weighted by Crippen LogP contribution is 2.21. The number of aromatic nitrogens is 5. The molecule has 8 heteroatoms. The summed E-state index contributed by atoms with van der Waals surface area (Å²) < 4.78 is 1.83. The number of anilines is 2. The number of hydrogen-bond acceptors (Lipinski definition) is 6. The van der Waals surface area contributed by atoms with Crippen molar-refractivity contribution in [2.75, 3.05) is 24.3 Å².